The summed E-state index contributed by atoms with van der Waals surface area (Å²) in [6, 6.07) is 2.61. The number of nitrogens with zero attached hydrogens (tertiary/aromatic N) is 2. The topological polar surface area (TPSA) is 78.5 Å². The number of rotatable bonds is 1. The second-order valence-corrected chi connectivity index (χ2v) is 4.49. The molecule has 1 aliphatic rings. The summed E-state index contributed by atoms with van der Waals surface area (Å²) in [5.41, 5.74) is 0.934. The Hall–Kier alpha value is -1.99. The number of aryl methyl sites for hydroxylation is 1. The van der Waals surface area contributed by atoms with Crippen molar-refractivity contribution in [1.29, 1.82) is 0 Å². The number of nitrogens with one attached hydrogen (secondary N) is 1. The molecule has 0 aliphatic carbocycles. The number of aromatic amines is 1. The van der Waals surface area contributed by atoms with Gasteiger partial charge in [0.15, 0.2) is 0 Å². The minimum Gasteiger partial charge on any atom is -0.389 e. The normalized spacial score (nSPS) is 19.3. The second kappa shape index (κ2) is 4.29. The highest BCUT2D eigenvalue weighted by Crippen LogP contribution is 2.20. The van der Waals surface area contributed by atoms with E-state index in [2.05, 4.69) is 9.97 Å². The number of hydrogen-bond acceptors (Lipinski definition) is 4. The molecule has 1 saturated heterocycles. The number of fused-ring (bicyclic) bond motifs is 1. The largest absolute Gasteiger partial charge is 0.389 e. The van der Waals surface area contributed by atoms with Gasteiger partial charge in [0.1, 0.15) is 24.4 Å². The lowest BCUT2D eigenvalue weighted by Crippen LogP contribution is -2.29. The molecule has 3 rings (SSSR count). The Bertz CT molecular complexity index is 655. The number of aliphatic hydroxyl groups excluding tert-OH is 1. The quantitative estimate of drug-likeness (QED) is 0.798. The lowest BCUT2D eigenvalue weighted by molar-refractivity contribution is -0.0782. The van der Waals surface area contributed by atoms with Crippen LogP contribution in [-0.2, 0) is 4.84 Å². The molecule has 100 valence electrons. The molecule has 2 heterocycles. The van der Waals surface area contributed by atoms with E-state index in [0.29, 0.717) is 16.9 Å². The van der Waals surface area contributed by atoms with Crippen LogP contribution in [0, 0.1) is 12.7 Å². The summed E-state index contributed by atoms with van der Waals surface area (Å²) in [5, 5.41) is 10.3. The molecule has 19 heavy (non-hydrogen) atoms. The van der Waals surface area contributed by atoms with Crippen LogP contribution >= 0.6 is 0 Å². The van der Waals surface area contributed by atoms with Gasteiger partial charge in [0.2, 0.25) is 0 Å². The molecule has 2 N–H and O–H groups in total. The van der Waals surface area contributed by atoms with Gasteiger partial charge in [-0.1, -0.05) is 0 Å². The van der Waals surface area contributed by atoms with Crippen molar-refractivity contribution in [2.75, 3.05) is 13.2 Å². The maximum atomic E-state index is 13.9. The van der Waals surface area contributed by atoms with E-state index in [1.165, 1.54) is 12.1 Å². The molecular formula is C12H12FN3O3. The van der Waals surface area contributed by atoms with E-state index in [4.69, 9.17) is 4.84 Å². The number of aliphatic hydroxyl groups is 1. The van der Waals surface area contributed by atoms with Crippen LogP contribution in [0.25, 0.3) is 11.0 Å². The van der Waals surface area contributed by atoms with Gasteiger partial charge in [-0.3, -0.25) is 9.63 Å². The fraction of sp³-hybridized carbons (Fsp3) is 0.333. The van der Waals surface area contributed by atoms with Crippen LogP contribution in [0.2, 0.25) is 0 Å². The number of benzene rings is 1. The average molecular weight is 265 g/mol. The van der Waals surface area contributed by atoms with Gasteiger partial charge in [-0.15, -0.1) is 0 Å². The maximum Gasteiger partial charge on any atom is 0.280 e. The summed E-state index contributed by atoms with van der Waals surface area (Å²) in [5.74, 6) is -0.616. The standard InChI is InChI=1S/C12H12FN3O3/c1-6-14-10-2-8(9(13)3-11(10)15-6)12(18)16-4-7(17)5-19-16/h2-3,7,17H,4-5H2,1H3,(H,14,15)/t7-/m1/s1. The number of carbonyl (C=O) groups excluding carboxylic acids is 1. The third kappa shape index (κ3) is 2.06. The summed E-state index contributed by atoms with van der Waals surface area (Å²) in [7, 11) is 0. The van der Waals surface area contributed by atoms with Crippen molar-refractivity contribution >= 4 is 16.9 Å². The van der Waals surface area contributed by atoms with Gasteiger partial charge < -0.3 is 10.1 Å². The van der Waals surface area contributed by atoms with Gasteiger partial charge in [-0.25, -0.2) is 14.4 Å². The highest BCUT2D eigenvalue weighted by molar-refractivity contribution is 5.97. The first-order chi connectivity index (χ1) is 9.04. The third-order valence-corrected chi connectivity index (χ3v) is 2.95. The number of hydrogen-bond donors (Lipinski definition) is 2. The smallest absolute Gasteiger partial charge is 0.280 e. The Kier molecular flexibility index (Phi) is 2.72. The fourth-order valence-corrected chi connectivity index (χ4v) is 2.07. The van der Waals surface area contributed by atoms with Crippen molar-refractivity contribution in [2.24, 2.45) is 0 Å². The molecule has 0 radical (unpaired) electrons. The van der Waals surface area contributed by atoms with Gasteiger partial charge in [0.05, 0.1) is 23.1 Å². The monoisotopic (exact) mass is 265 g/mol. The number of amides is 1. The van der Waals surface area contributed by atoms with Crippen molar-refractivity contribution in [1.82, 2.24) is 15.0 Å². The number of hydroxylamine groups is 2. The van der Waals surface area contributed by atoms with Gasteiger partial charge >= 0.3 is 0 Å². The fourth-order valence-electron chi connectivity index (χ4n) is 2.07. The van der Waals surface area contributed by atoms with E-state index in [1.54, 1.807) is 6.92 Å². The molecule has 0 spiro atoms. The number of carbonyl (C=O) groups is 1. The molecule has 1 aromatic heterocycles. The summed E-state index contributed by atoms with van der Waals surface area (Å²) < 4.78 is 13.9. The van der Waals surface area contributed by atoms with Crippen LogP contribution in [0.5, 0.6) is 0 Å². The van der Waals surface area contributed by atoms with E-state index >= 15 is 0 Å². The molecule has 1 atom stereocenters. The molecule has 2 aromatic rings. The van der Waals surface area contributed by atoms with Crippen LogP contribution in [-0.4, -0.2) is 45.3 Å². The first-order valence-electron chi connectivity index (χ1n) is 5.83. The Labute approximate surface area is 107 Å². The van der Waals surface area contributed by atoms with Crippen molar-refractivity contribution in [3.8, 4) is 0 Å². The molecule has 0 saturated carbocycles. The Morgan fingerprint density at radius 2 is 2.42 bits per heavy atom. The third-order valence-electron chi connectivity index (χ3n) is 2.95. The first kappa shape index (κ1) is 12.1. The zero-order valence-electron chi connectivity index (χ0n) is 10.2. The lowest BCUT2D eigenvalue weighted by Gasteiger charge is -2.14. The van der Waals surface area contributed by atoms with Crippen LogP contribution < -0.4 is 0 Å². The highest BCUT2D eigenvalue weighted by Gasteiger charge is 2.29. The molecule has 1 fully saturated rings. The van der Waals surface area contributed by atoms with Crippen LogP contribution in [0.15, 0.2) is 12.1 Å². The second-order valence-electron chi connectivity index (χ2n) is 4.49. The van der Waals surface area contributed by atoms with Crippen molar-refractivity contribution in [2.45, 2.75) is 13.0 Å². The summed E-state index contributed by atoms with van der Waals surface area (Å²) in [6.45, 7) is 1.83. The van der Waals surface area contributed by atoms with Crippen LogP contribution in [0.1, 0.15) is 16.2 Å². The molecule has 0 bridgehead atoms. The number of H-pyrrole nitrogens is 1. The average Bonchev–Trinajstić information content (AvgIpc) is 2.92. The number of halogens is 1. The molecule has 0 unspecified atom stereocenters. The summed E-state index contributed by atoms with van der Waals surface area (Å²) in [4.78, 5) is 24.1. The van der Waals surface area contributed by atoms with Gasteiger partial charge in [-0.05, 0) is 13.0 Å². The van der Waals surface area contributed by atoms with E-state index in [1.807, 2.05) is 0 Å². The Balaban J connectivity index is 1.99. The Morgan fingerprint density at radius 3 is 3.11 bits per heavy atom. The number of aromatic nitrogens is 2. The lowest BCUT2D eigenvalue weighted by atomic mass is 10.1. The van der Waals surface area contributed by atoms with Crippen LogP contribution in [0.4, 0.5) is 4.39 Å². The predicted molar refractivity (Wildman–Crippen MR) is 63.8 cm³/mol. The first-order valence-corrected chi connectivity index (χ1v) is 5.83. The summed E-state index contributed by atoms with van der Waals surface area (Å²) >= 11 is 0. The van der Waals surface area contributed by atoms with E-state index in [0.717, 1.165) is 5.06 Å². The number of imidazole rings is 1. The van der Waals surface area contributed by atoms with E-state index in [-0.39, 0.29) is 18.7 Å². The zero-order chi connectivity index (χ0) is 13.6. The highest BCUT2D eigenvalue weighted by atomic mass is 19.1. The van der Waals surface area contributed by atoms with Crippen LogP contribution in [0.3, 0.4) is 0 Å². The van der Waals surface area contributed by atoms with Gasteiger partial charge in [0.25, 0.3) is 5.91 Å². The minimum atomic E-state index is -0.733. The number of β-amino-alcohol motifs (C(OH)–C–C–N with tert-alkyl or cyclic N) is 1. The summed E-state index contributed by atoms with van der Waals surface area (Å²) in [6.07, 6.45) is -0.733. The zero-order valence-corrected chi connectivity index (χ0v) is 10.2. The van der Waals surface area contributed by atoms with Crippen molar-refractivity contribution in [3.63, 3.8) is 0 Å². The van der Waals surface area contributed by atoms with Gasteiger partial charge in [-0.2, -0.15) is 0 Å². The Morgan fingerprint density at radius 1 is 1.63 bits per heavy atom. The van der Waals surface area contributed by atoms with Crippen molar-refractivity contribution < 1.29 is 19.1 Å². The van der Waals surface area contributed by atoms with E-state index < -0.39 is 17.8 Å². The minimum absolute atomic E-state index is 0.0376. The SMILES string of the molecule is Cc1nc2cc(C(=O)N3C[C@@H](O)CO3)c(F)cc2[nH]1. The predicted octanol–water partition coefficient (Wildman–Crippen LogP) is 0.759. The molecule has 1 amide bonds. The molecular weight excluding hydrogens is 253 g/mol. The molecule has 1 aromatic carbocycles. The molecule has 6 nitrogen and oxygen atoms in total. The maximum absolute atomic E-state index is 13.9. The van der Waals surface area contributed by atoms with E-state index in [9.17, 15) is 14.3 Å². The van der Waals surface area contributed by atoms with Gasteiger partial charge in [0, 0.05) is 6.07 Å². The molecule has 7 heteroatoms. The molecule has 1 aliphatic heterocycles. The van der Waals surface area contributed by atoms with Crippen molar-refractivity contribution in [3.05, 3.63) is 29.3 Å².